The summed E-state index contributed by atoms with van der Waals surface area (Å²) in [6.07, 6.45) is 0.138. The number of carbonyl (C=O) groups is 1. The quantitative estimate of drug-likeness (QED) is 0.834. The van der Waals surface area contributed by atoms with Crippen LogP contribution in [0.4, 0.5) is 5.69 Å². The first kappa shape index (κ1) is 10.9. The van der Waals surface area contributed by atoms with Crippen molar-refractivity contribution in [2.24, 2.45) is 0 Å². The summed E-state index contributed by atoms with van der Waals surface area (Å²) in [4.78, 5) is 12.2. The second-order valence-electron chi connectivity index (χ2n) is 3.04. The second-order valence-corrected chi connectivity index (χ2v) is 3.48. The summed E-state index contributed by atoms with van der Waals surface area (Å²) in [5.41, 5.74) is 0.968. The number of hydrogen-bond acceptors (Lipinski definition) is 2. The van der Waals surface area contributed by atoms with Crippen molar-refractivity contribution in [3.8, 4) is 0 Å². The highest BCUT2D eigenvalue weighted by molar-refractivity contribution is 6.30. The van der Waals surface area contributed by atoms with Crippen LogP contribution in [0.3, 0.4) is 0 Å². The molecule has 0 amide bonds. The van der Waals surface area contributed by atoms with Gasteiger partial charge >= 0.3 is 5.97 Å². The van der Waals surface area contributed by atoms with Gasteiger partial charge in [-0.3, -0.25) is 4.79 Å². The lowest BCUT2D eigenvalue weighted by atomic mass is 10.3. The lowest BCUT2D eigenvalue weighted by molar-refractivity contribution is -0.136. The number of aliphatic carboxylic acids is 1. The predicted molar refractivity (Wildman–Crippen MR) is 57.0 cm³/mol. The van der Waals surface area contributed by atoms with Crippen LogP contribution in [-0.2, 0) is 4.79 Å². The number of anilines is 1. The molecular weight excluding hydrogens is 202 g/mol. The smallest absolute Gasteiger partial charge is 0.305 e. The molecule has 0 fully saturated rings. The van der Waals surface area contributed by atoms with Gasteiger partial charge in [0.15, 0.2) is 0 Å². The van der Waals surface area contributed by atoms with Gasteiger partial charge in [-0.2, -0.15) is 0 Å². The Labute approximate surface area is 87.9 Å². The molecule has 3 nitrogen and oxygen atoms in total. The molecule has 4 heteroatoms. The average molecular weight is 214 g/mol. The van der Waals surface area contributed by atoms with Crippen molar-refractivity contribution in [2.45, 2.75) is 6.42 Å². The molecule has 0 heterocycles. The largest absolute Gasteiger partial charge is 0.481 e. The van der Waals surface area contributed by atoms with Crippen molar-refractivity contribution in [2.75, 3.05) is 18.5 Å². The molecular formula is C10H12ClNO2. The third kappa shape index (κ3) is 3.26. The molecule has 0 aliphatic rings. The third-order valence-electron chi connectivity index (χ3n) is 1.93. The van der Waals surface area contributed by atoms with Gasteiger partial charge in [0.25, 0.3) is 0 Å². The van der Waals surface area contributed by atoms with Crippen LogP contribution < -0.4 is 4.90 Å². The van der Waals surface area contributed by atoms with E-state index in [0.29, 0.717) is 11.6 Å². The van der Waals surface area contributed by atoms with Crippen LogP contribution in [0, 0.1) is 0 Å². The number of halogens is 1. The molecule has 0 aliphatic carbocycles. The van der Waals surface area contributed by atoms with Crippen molar-refractivity contribution in [1.82, 2.24) is 0 Å². The molecule has 14 heavy (non-hydrogen) atoms. The molecule has 0 bridgehead atoms. The summed E-state index contributed by atoms with van der Waals surface area (Å²) in [5, 5.41) is 9.19. The van der Waals surface area contributed by atoms with Crippen molar-refractivity contribution < 1.29 is 9.90 Å². The Morgan fingerprint density at radius 3 is 2.50 bits per heavy atom. The SMILES string of the molecule is CN(CCC(=O)O)c1ccc(Cl)cc1. The fraction of sp³-hybridized carbons (Fsp3) is 0.300. The summed E-state index contributed by atoms with van der Waals surface area (Å²) in [6.45, 7) is 0.497. The minimum atomic E-state index is -0.786. The van der Waals surface area contributed by atoms with Crippen molar-refractivity contribution in [3.05, 3.63) is 29.3 Å². The topological polar surface area (TPSA) is 40.5 Å². The van der Waals surface area contributed by atoms with Crippen molar-refractivity contribution >= 4 is 23.3 Å². The lowest BCUT2D eigenvalue weighted by Gasteiger charge is -2.17. The highest BCUT2D eigenvalue weighted by Crippen LogP contribution is 2.16. The third-order valence-corrected chi connectivity index (χ3v) is 2.18. The van der Waals surface area contributed by atoms with Crippen LogP contribution >= 0.6 is 11.6 Å². The maximum absolute atomic E-state index is 10.3. The van der Waals surface area contributed by atoms with E-state index in [2.05, 4.69) is 0 Å². The first-order valence-corrected chi connectivity index (χ1v) is 4.66. The molecule has 0 atom stereocenters. The zero-order chi connectivity index (χ0) is 10.6. The van der Waals surface area contributed by atoms with Crippen LogP contribution in [0.15, 0.2) is 24.3 Å². The zero-order valence-electron chi connectivity index (χ0n) is 7.90. The Morgan fingerprint density at radius 1 is 1.43 bits per heavy atom. The number of hydrogen-bond donors (Lipinski definition) is 1. The molecule has 0 saturated carbocycles. The van der Waals surface area contributed by atoms with Gasteiger partial charge in [-0.05, 0) is 24.3 Å². The van der Waals surface area contributed by atoms with E-state index in [1.54, 1.807) is 12.1 Å². The minimum Gasteiger partial charge on any atom is -0.481 e. The van der Waals surface area contributed by atoms with E-state index in [-0.39, 0.29) is 6.42 Å². The van der Waals surface area contributed by atoms with Gasteiger partial charge in [0.1, 0.15) is 0 Å². The van der Waals surface area contributed by atoms with E-state index in [9.17, 15) is 4.79 Å². The predicted octanol–water partition coefficient (Wildman–Crippen LogP) is 2.25. The van der Waals surface area contributed by atoms with Crippen molar-refractivity contribution in [3.63, 3.8) is 0 Å². The Balaban J connectivity index is 2.56. The fourth-order valence-electron chi connectivity index (χ4n) is 1.09. The van der Waals surface area contributed by atoms with Crippen LogP contribution in [0.5, 0.6) is 0 Å². The number of benzene rings is 1. The summed E-state index contributed by atoms with van der Waals surface area (Å²) < 4.78 is 0. The average Bonchev–Trinajstić information content (AvgIpc) is 2.15. The number of rotatable bonds is 4. The fourth-order valence-corrected chi connectivity index (χ4v) is 1.21. The summed E-state index contributed by atoms with van der Waals surface area (Å²) in [6, 6.07) is 7.30. The molecule has 1 rings (SSSR count). The van der Waals surface area contributed by atoms with Gasteiger partial charge < -0.3 is 10.0 Å². The summed E-state index contributed by atoms with van der Waals surface area (Å²) >= 11 is 5.73. The van der Waals surface area contributed by atoms with Crippen LogP contribution in [0.25, 0.3) is 0 Å². The van der Waals surface area contributed by atoms with Crippen molar-refractivity contribution in [1.29, 1.82) is 0 Å². The van der Waals surface area contributed by atoms with Gasteiger partial charge in [0, 0.05) is 24.3 Å². The van der Waals surface area contributed by atoms with Gasteiger partial charge in [-0.25, -0.2) is 0 Å². The molecule has 1 N–H and O–H groups in total. The van der Waals surface area contributed by atoms with Gasteiger partial charge in [-0.1, -0.05) is 11.6 Å². The van der Waals surface area contributed by atoms with E-state index in [1.807, 2.05) is 24.1 Å². The lowest BCUT2D eigenvalue weighted by Crippen LogP contribution is -2.20. The maximum atomic E-state index is 10.3. The molecule has 76 valence electrons. The maximum Gasteiger partial charge on any atom is 0.305 e. The highest BCUT2D eigenvalue weighted by atomic mass is 35.5. The molecule has 0 radical (unpaired) electrons. The zero-order valence-corrected chi connectivity index (χ0v) is 8.66. The summed E-state index contributed by atoms with van der Waals surface area (Å²) in [7, 11) is 1.85. The second kappa shape index (κ2) is 4.86. The molecule has 0 aliphatic heterocycles. The number of carboxylic acids is 1. The molecule has 0 aromatic heterocycles. The van der Waals surface area contributed by atoms with E-state index < -0.39 is 5.97 Å². The molecule has 1 aromatic rings. The first-order chi connectivity index (χ1) is 6.59. The minimum absolute atomic E-state index is 0.138. The number of carboxylic acid groups (broad SMARTS) is 1. The Bertz CT molecular complexity index is 310. The highest BCUT2D eigenvalue weighted by Gasteiger charge is 2.03. The Hall–Kier alpha value is -1.22. The standard InChI is InChI=1S/C10H12ClNO2/c1-12(7-6-10(13)14)9-4-2-8(11)3-5-9/h2-5H,6-7H2,1H3,(H,13,14). The van der Waals surface area contributed by atoms with Crippen LogP contribution in [0.2, 0.25) is 5.02 Å². The van der Waals surface area contributed by atoms with Gasteiger partial charge in [-0.15, -0.1) is 0 Å². The van der Waals surface area contributed by atoms with E-state index in [1.165, 1.54) is 0 Å². The van der Waals surface area contributed by atoms with E-state index in [0.717, 1.165) is 5.69 Å². The first-order valence-electron chi connectivity index (χ1n) is 4.28. The molecule has 0 unspecified atom stereocenters. The monoisotopic (exact) mass is 213 g/mol. The Kier molecular flexibility index (Phi) is 3.77. The van der Waals surface area contributed by atoms with Crippen LogP contribution in [-0.4, -0.2) is 24.7 Å². The van der Waals surface area contributed by atoms with Crippen LogP contribution in [0.1, 0.15) is 6.42 Å². The van der Waals surface area contributed by atoms with E-state index >= 15 is 0 Å². The molecule has 0 saturated heterocycles. The normalized spacial score (nSPS) is 9.86. The van der Waals surface area contributed by atoms with E-state index in [4.69, 9.17) is 16.7 Å². The Morgan fingerprint density at radius 2 is 2.00 bits per heavy atom. The summed E-state index contributed by atoms with van der Waals surface area (Å²) in [5.74, 6) is -0.786. The molecule has 0 spiro atoms. The molecule has 1 aromatic carbocycles. The van der Waals surface area contributed by atoms with Gasteiger partial charge in [0.05, 0.1) is 6.42 Å². The van der Waals surface area contributed by atoms with Gasteiger partial charge in [0.2, 0.25) is 0 Å². The number of nitrogens with zero attached hydrogens (tertiary/aromatic N) is 1.